The molecule has 0 aliphatic heterocycles. The number of ether oxygens (including phenoxy) is 1. The molecule has 0 radical (unpaired) electrons. The third kappa shape index (κ3) is 4.45. The second kappa shape index (κ2) is 8.08. The highest BCUT2D eigenvalue weighted by Crippen LogP contribution is 2.24. The molecule has 0 atom stereocenters. The maximum atomic E-state index is 12.3. The van der Waals surface area contributed by atoms with Crippen LogP contribution in [0.2, 0.25) is 10.0 Å². The molecule has 3 rings (SSSR count). The van der Waals surface area contributed by atoms with Gasteiger partial charge in [0.1, 0.15) is 11.6 Å². The first kappa shape index (κ1) is 18.0. The first-order valence-electron chi connectivity index (χ1n) is 7.69. The van der Waals surface area contributed by atoms with Gasteiger partial charge in [-0.25, -0.2) is 4.98 Å². The summed E-state index contributed by atoms with van der Waals surface area (Å²) in [6, 6.07) is 15.7. The summed E-state index contributed by atoms with van der Waals surface area (Å²) in [6.45, 7) is 0. The first-order chi connectivity index (χ1) is 12.5. The first-order valence-corrected chi connectivity index (χ1v) is 8.44. The van der Waals surface area contributed by atoms with Gasteiger partial charge in [0.15, 0.2) is 0 Å². The van der Waals surface area contributed by atoms with E-state index in [1.165, 1.54) is 6.07 Å². The predicted octanol–water partition coefficient (Wildman–Crippen LogP) is 5.39. The van der Waals surface area contributed by atoms with Crippen molar-refractivity contribution in [3.63, 3.8) is 0 Å². The van der Waals surface area contributed by atoms with Gasteiger partial charge < -0.3 is 15.4 Å². The summed E-state index contributed by atoms with van der Waals surface area (Å²) >= 11 is 11.8. The molecule has 0 aliphatic rings. The Labute approximate surface area is 160 Å². The van der Waals surface area contributed by atoms with Gasteiger partial charge in [0.25, 0.3) is 5.91 Å². The van der Waals surface area contributed by atoms with Crippen LogP contribution in [0.3, 0.4) is 0 Å². The van der Waals surface area contributed by atoms with Gasteiger partial charge in [-0.3, -0.25) is 4.79 Å². The quantitative estimate of drug-likeness (QED) is 0.615. The molecule has 5 nitrogen and oxygen atoms in total. The normalized spacial score (nSPS) is 10.3. The van der Waals surface area contributed by atoms with E-state index in [1.807, 2.05) is 24.3 Å². The van der Waals surface area contributed by atoms with Gasteiger partial charge in [-0.05, 0) is 42.5 Å². The fraction of sp³-hybridized carbons (Fsp3) is 0.0526. The molecule has 1 heterocycles. The number of benzene rings is 2. The van der Waals surface area contributed by atoms with Crippen LogP contribution in [0.5, 0.6) is 5.75 Å². The van der Waals surface area contributed by atoms with E-state index in [0.29, 0.717) is 27.1 Å². The monoisotopic (exact) mass is 387 g/mol. The minimum atomic E-state index is -0.293. The minimum absolute atomic E-state index is 0.293. The highest BCUT2D eigenvalue weighted by atomic mass is 35.5. The van der Waals surface area contributed by atoms with Crippen LogP contribution in [0.1, 0.15) is 10.4 Å². The molecule has 132 valence electrons. The van der Waals surface area contributed by atoms with Crippen LogP contribution in [0, 0.1) is 0 Å². The summed E-state index contributed by atoms with van der Waals surface area (Å²) in [5.74, 6) is 1.10. The Morgan fingerprint density at radius 2 is 1.85 bits per heavy atom. The van der Waals surface area contributed by atoms with Crippen molar-refractivity contribution < 1.29 is 9.53 Å². The zero-order chi connectivity index (χ0) is 18.5. The highest BCUT2D eigenvalue weighted by Gasteiger charge is 2.09. The minimum Gasteiger partial charge on any atom is -0.497 e. The lowest BCUT2D eigenvalue weighted by Crippen LogP contribution is -2.12. The molecule has 2 N–H and O–H groups in total. The molecule has 0 saturated carbocycles. The molecular formula is C19H15Cl2N3O2. The fourth-order valence-corrected chi connectivity index (χ4v) is 2.53. The maximum Gasteiger partial charge on any atom is 0.255 e. The number of anilines is 3. The van der Waals surface area contributed by atoms with Crippen molar-refractivity contribution >= 4 is 46.3 Å². The van der Waals surface area contributed by atoms with Crippen LogP contribution in [-0.4, -0.2) is 18.0 Å². The lowest BCUT2D eigenvalue weighted by Gasteiger charge is -2.09. The number of hydrogen-bond donors (Lipinski definition) is 2. The maximum absolute atomic E-state index is 12.3. The van der Waals surface area contributed by atoms with Gasteiger partial charge in [-0.2, -0.15) is 0 Å². The molecule has 7 heteroatoms. The molecule has 0 bridgehead atoms. The third-order valence-electron chi connectivity index (χ3n) is 3.55. The van der Waals surface area contributed by atoms with E-state index in [9.17, 15) is 4.79 Å². The summed E-state index contributed by atoms with van der Waals surface area (Å²) in [5, 5.41) is 6.66. The van der Waals surface area contributed by atoms with Crippen LogP contribution in [0.4, 0.5) is 17.2 Å². The Hall–Kier alpha value is -2.76. The number of carbonyl (C=O) groups is 1. The van der Waals surface area contributed by atoms with Gasteiger partial charge in [-0.15, -0.1) is 0 Å². The SMILES string of the molecule is COc1cccc(Nc2ccc(NC(=O)c3ccc(Cl)c(Cl)c3)cn2)c1. The number of aromatic nitrogens is 1. The standard InChI is InChI=1S/C19H15Cl2N3O2/c1-26-15-4-2-3-13(10-15)23-18-8-6-14(11-22-18)24-19(25)12-5-7-16(20)17(21)9-12/h2-11H,1H3,(H,22,23)(H,24,25). The number of halogens is 2. The number of rotatable bonds is 5. The average molecular weight is 388 g/mol. The molecule has 0 saturated heterocycles. The number of hydrogen-bond acceptors (Lipinski definition) is 4. The van der Waals surface area contributed by atoms with Gasteiger partial charge in [0, 0.05) is 17.3 Å². The van der Waals surface area contributed by atoms with Crippen LogP contribution in [-0.2, 0) is 0 Å². The van der Waals surface area contributed by atoms with E-state index in [1.54, 1.807) is 37.6 Å². The van der Waals surface area contributed by atoms with Gasteiger partial charge >= 0.3 is 0 Å². The Morgan fingerprint density at radius 3 is 2.54 bits per heavy atom. The zero-order valence-corrected chi connectivity index (χ0v) is 15.3. The largest absolute Gasteiger partial charge is 0.497 e. The van der Waals surface area contributed by atoms with Crippen LogP contribution in [0.25, 0.3) is 0 Å². The summed E-state index contributed by atoms with van der Waals surface area (Å²) < 4.78 is 5.19. The number of pyridine rings is 1. The predicted molar refractivity (Wildman–Crippen MR) is 105 cm³/mol. The van der Waals surface area contributed by atoms with Crippen molar-refractivity contribution in [1.29, 1.82) is 0 Å². The van der Waals surface area contributed by atoms with E-state index in [2.05, 4.69) is 15.6 Å². The van der Waals surface area contributed by atoms with E-state index in [-0.39, 0.29) is 5.91 Å². The van der Waals surface area contributed by atoms with Crippen molar-refractivity contribution in [2.75, 3.05) is 17.7 Å². The number of nitrogens with one attached hydrogen (secondary N) is 2. The smallest absolute Gasteiger partial charge is 0.255 e. The van der Waals surface area contributed by atoms with E-state index < -0.39 is 0 Å². The van der Waals surface area contributed by atoms with Crippen LogP contribution >= 0.6 is 23.2 Å². The molecule has 2 aromatic carbocycles. The van der Waals surface area contributed by atoms with Gasteiger partial charge in [0.05, 0.1) is 29.0 Å². The Morgan fingerprint density at radius 1 is 1.00 bits per heavy atom. The second-order valence-corrected chi connectivity index (χ2v) is 6.19. The summed E-state index contributed by atoms with van der Waals surface area (Å²) in [7, 11) is 1.61. The fourth-order valence-electron chi connectivity index (χ4n) is 2.23. The van der Waals surface area contributed by atoms with Gasteiger partial charge in [-0.1, -0.05) is 29.3 Å². The van der Waals surface area contributed by atoms with Crippen molar-refractivity contribution in [3.05, 3.63) is 76.4 Å². The van der Waals surface area contributed by atoms with Crippen LogP contribution < -0.4 is 15.4 Å². The number of amides is 1. The van der Waals surface area contributed by atoms with E-state index in [0.717, 1.165) is 11.4 Å². The van der Waals surface area contributed by atoms with Crippen molar-refractivity contribution in [1.82, 2.24) is 4.98 Å². The number of nitrogens with zero attached hydrogens (tertiary/aromatic N) is 1. The molecular weight excluding hydrogens is 373 g/mol. The van der Waals surface area contributed by atoms with Crippen molar-refractivity contribution in [3.8, 4) is 5.75 Å². The second-order valence-electron chi connectivity index (χ2n) is 5.37. The molecule has 0 spiro atoms. The third-order valence-corrected chi connectivity index (χ3v) is 4.28. The summed E-state index contributed by atoms with van der Waals surface area (Å²) in [6.07, 6.45) is 1.57. The molecule has 1 aromatic heterocycles. The lowest BCUT2D eigenvalue weighted by atomic mass is 10.2. The summed E-state index contributed by atoms with van der Waals surface area (Å²) in [5.41, 5.74) is 1.83. The molecule has 0 unspecified atom stereocenters. The number of carbonyl (C=O) groups excluding carboxylic acids is 1. The van der Waals surface area contributed by atoms with Crippen LogP contribution in [0.15, 0.2) is 60.8 Å². The Bertz CT molecular complexity index is 930. The Balaban J connectivity index is 1.67. The van der Waals surface area contributed by atoms with E-state index in [4.69, 9.17) is 27.9 Å². The van der Waals surface area contributed by atoms with Crippen molar-refractivity contribution in [2.45, 2.75) is 0 Å². The van der Waals surface area contributed by atoms with Gasteiger partial charge in [0.2, 0.25) is 0 Å². The van der Waals surface area contributed by atoms with E-state index >= 15 is 0 Å². The molecule has 3 aromatic rings. The molecule has 0 aliphatic carbocycles. The Kier molecular flexibility index (Phi) is 5.61. The highest BCUT2D eigenvalue weighted by molar-refractivity contribution is 6.42. The lowest BCUT2D eigenvalue weighted by molar-refractivity contribution is 0.102. The molecule has 0 fully saturated rings. The number of methoxy groups -OCH3 is 1. The zero-order valence-electron chi connectivity index (χ0n) is 13.8. The average Bonchev–Trinajstić information content (AvgIpc) is 2.65. The topological polar surface area (TPSA) is 63.2 Å². The molecule has 26 heavy (non-hydrogen) atoms. The molecule has 1 amide bonds. The summed E-state index contributed by atoms with van der Waals surface area (Å²) in [4.78, 5) is 16.5. The van der Waals surface area contributed by atoms with Crippen molar-refractivity contribution in [2.24, 2.45) is 0 Å².